The fraction of sp³-hybridized carbons (Fsp3) is 0.0625. The van der Waals surface area contributed by atoms with E-state index in [1.54, 1.807) is 12.4 Å². The van der Waals surface area contributed by atoms with E-state index in [4.69, 9.17) is 0 Å². The van der Waals surface area contributed by atoms with Gasteiger partial charge in [-0.05, 0) is 82.6 Å². The summed E-state index contributed by atoms with van der Waals surface area (Å²) < 4.78 is 2.73. The highest BCUT2D eigenvalue weighted by atomic mass is 16.1. The summed E-state index contributed by atoms with van der Waals surface area (Å²) in [6.45, 7) is 4.13. The number of aldehydes is 2. The number of pyridine rings is 2. The van der Waals surface area contributed by atoms with Crippen molar-refractivity contribution in [3.8, 4) is 33.4 Å². The normalized spacial score (nSPS) is 11.2. The van der Waals surface area contributed by atoms with E-state index in [1.807, 2.05) is 48.5 Å². The van der Waals surface area contributed by atoms with E-state index in [-0.39, 0.29) is 11.1 Å². The molecule has 0 spiro atoms. The van der Waals surface area contributed by atoms with E-state index in [9.17, 15) is 19.2 Å². The standard InChI is InChI=1S/C32H22N4O4/c1-19-25(21-9-11-35-29(13-21)33-15-23(17-37)31(35)39)5-3-7-27(19)28-8-4-6-26(20(28)2)22-10-12-36-30(14-22)34-16-24(18-38)32(36)40/h3-18H,1-2H3. The van der Waals surface area contributed by atoms with Crippen LogP contribution < -0.4 is 11.1 Å². The van der Waals surface area contributed by atoms with Gasteiger partial charge in [-0.15, -0.1) is 0 Å². The van der Waals surface area contributed by atoms with Gasteiger partial charge in [0.2, 0.25) is 0 Å². The Morgan fingerprint density at radius 2 is 1.00 bits per heavy atom. The average Bonchev–Trinajstić information content (AvgIpc) is 2.98. The quantitative estimate of drug-likeness (QED) is 0.295. The van der Waals surface area contributed by atoms with Gasteiger partial charge in [-0.1, -0.05) is 36.4 Å². The molecule has 0 aliphatic heterocycles. The second-order valence-corrected chi connectivity index (χ2v) is 9.52. The van der Waals surface area contributed by atoms with Gasteiger partial charge >= 0.3 is 0 Å². The number of fused-ring (bicyclic) bond motifs is 2. The lowest BCUT2D eigenvalue weighted by Crippen LogP contribution is -2.18. The Kier molecular flexibility index (Phi) is 6.00. The van der Waals surface area contributed by atoms with Gasteiger partial charge in [0.25, 0.3) is 11.1 Å². The maximum atomic E-state index is 12.5. The molecular weight excluding hydrogens is 504 g/mol. The smallest absolute Gasteiger partial charge is 0.268 e. The first-order valence-electron chi connectivity index (χ1n) is 12.5. The van der Waals surface area contributed by atoms with Crippen LogP contribution in [0, 0.1) is 13.8 Å². The molecule has 0 saturated carbocycles. The van der Waals surface area contributed by atoms with Crippen molar-refractivity contribution in [2.75, 3.05) is 0 Å². The Bertz CT molecular complexity index is 1970. The first-order valence-corrected chi connectivity index (χ1v) is 12.5. The zero-order valence-electron chi connectivity index (χ0n) is 21.7. The molecule has 0 amide bonds. The van der Waals surface area contributed by atoms with E-state index < -0.39 is 11.1 Å². The molecule has 40 heavy (non-hydrogen) atoms. The van der Waals surface area contributed by atoms with Crippen molar-refractivity contribution in [1.29, 1.82) is 0 Å². The van der Waals surface area contributed by atoms with Gasteiger partial charge in [0.1, 0.15) is 11.3 Å². The van der Waals surface area contributed by atoms with Crippen molar-refractivity contribution in [2.45, 2.75) is 13.8 Å². The predicted octanol–water partition coefficient (Wildman–Crippen LogP) is 4.95. The molecule has 0 aliphatic rings. The average molecular weight is 527 g/mol. The molecule has 4 aromatic heterocycles. The van der Waals surface area contributed by atoms with Gasteiger partial charge in [0, 0.05) is 24.8 Å². The molecule has 6 aromatic rings. The van der Waals surface area contributed by atoms with Crippen molar-refractivity contribution in [2.24, 2.45) is 0 Å². The van der Waals surface area contributed by atoms with Crippen LogP contribution >= 0.6 is 0 Å². The summed E-state index contributed by atoms with van der Waals surface area (Å²) >= 11 is 0. The lowest BCUT2D eigenvalue weighted by atomic mass is 9.88. The summed E-state index contributed by atoms with van der Waals surface area (Å²) in [5.74, 6) is 0. The molecule has 2 aromatic carbocycles. The van der Waals surface area contributed by atoms with Crippen LogP contribution in [0.5, 0.6) is 0 Å². The summed E-state index contributed by atoms with van der Waals surface area (Å²) in [7, 11) is 0. The van der Waals surface area contributed by atoms with E-state index in [0.717, 1.165) is 44.5 Å². The van der Waals surface area contributed by atoms with E-state index in [1.165, 1.54) is 21.2 Å². The van der Waals surface area contributed by atoms with Crippen LogP contribution in [0.2, 0.25) is 0 Å². The van der Waals surface area contributed by atoms with Gasteiger partial charge in [-0.25, -0.2) is 9.97 Å². The number of aromatic nitrogens is 4. The Balaban J connectivity index is 1.45. The van der Waals surface area contributed by atoms with Gasteiger partial charge in [-0.2, -0.15) is 0 Å². The minimum atomic E-state index is -0.401. The fourth-order valence-electron chi connectivity index (χ4n) is 5.16. The van der Waals surface area contributed by atoms with E-state index in [0.29, 0.717) is 23.9 Å². The van der Waals surface area contributed by atoms with Crippen molar-refractivity contribution < 1.29 is 9.59 Å². The van der Waals surface area contributed by atoms with Crippen LogP contribution in [-0.4, -0.2) is 31.3 Å². The van der Waals surface area contributed by atoms with E-state index in [2.05, 4.69) is 35.9 Å². The molecule has 0 unspecified atom stereocenters. The maximum absolute atomic E-state index is 12.5. The third-order valence-electron chi connectivity index (χ3n) is 7.31. The Hall–Kier alpha value is -5.50. The SMILES string of the molecule is Cc1c(-c2ccn3c(=O)c(C=O)cnc3c2)cccc1-c1cccc(-c2ccn3c(=O)c(C=O)cnc3c2)c1C. The van der Waals surface area contributed by atoms with Crippen LogP contribution in [-0.2, 0) is 0 Å². The largest absolute Gasteiger partial charge is 0.298 e. The summed E-state index contributed by atoms with van der Waals surface area (Å²) in [5.41, 5.74) is 8.19. The molecular formula is C32H22N4O4. The van der Waals surface area contributed by atoms with Gasteiger partial charge in [0.05, 0.1) is 11.1 Å². The monoisotopic (exact) mass is 526 g/mol. The lowest BCUT2D eigenvalue weighted by Gasteiger charge is -2.17. The second-order valence-electron chi connectivity index (χ2n) is 9.52. The molecule has 8 heteroatoms. The molecule has 0 fully saturated rings. The third-order valence-corrected chi connectivity index (χ3v) is 7.31. The fourth-order valence-corrected chi connectivity index (χ4v) is 5.16. The topological polar surface area (TPSA) is 103 Å². The number of hydrogen-bond acceptors (Lipinski definition) is 6. The van der Waals surface area contributed by atoms with Gasteiger partial charge in [0.15, 0.2) is 12.6 Å². The van der Waals surface area contributed by atoms with Crippen molar-refractivity contribution in [3.63, 3.8) is 0 Å². The number of rotatable bonds is 5. The third kappa shape index (κ3) is 3.94. The first kappa shape index (κ1) is 24.8. The first-order chi connectivity index (χ1) is 19.4. The highest BCUT2D eigenvalue weighted by molar-refractivity contribution is 5.85. The van der Waals surface area contributed by atoms with Gasteiger partial charge < -0.3 is 0 Å². The van der Waals surface area contributed by atoms with Crippen molar-refractivity contribution in [1.82, 2.24) is 18.8 Å². The number of hydrogen-bond donors (Lipinski definition) is 0. The van der Waals surface area contributed by atoms with Crippen LogP contribution in [0.25, 0.3) is 44.7 Å². The number of benzene rings is 2. The van der Waals surface area contributed by atoms with Crippen LogP contribution in [0.3, 0.4) is 0 Å². The molecule has 0 radical (unpaired) electrons. The Morgan fingerprint density at radius 3 is 1.40 bits per heavy atom. The molecule has 6 rings (SSSR count). The molecule has 0 bridgehead atoms. The number of carbonyl (C=O) groups excluding carboxylic acids is 2. The predicted molar refractivity (Wildman–Crippen MR) is 153 cm³/mol. The minimum absolute atomic E-state index is 0.0127. The number of nitrogens with zero attached hydrogens (tertiary/aromatic N) is 4. The second kappa shape index (κ2) is 9.67. The zero-order chi connectivity index (χ0) is 28.0. The molecule has 0 N–H and O–H groups in total. The minimum Gasteiger partial charge on any atom is -0.298 e. The van der Waals surface area contributed by atoms with Crippen molar-refractivity contribution in [3.05, 3.63) is 128 Å². The van der Waals surface area contributed by atoms with Crippen molar-refractivity contribution >= 4 is 23.9 Å². The summed E-state index contributed by atoms with van der Waals surface area (Å²) in [6, 6.07) is 19.6. The van der Waals surface area contributed by atoms with Crippen LogP contribution in [0.15, 0.2) is 95.0 Å². The summed E-state index contributed by atoms with van der Waals surface area (Å²) in [6.07, 6.45) is 6.90. The Labute approximate surface area is 227 Å². The molecule has 8 nitrogen and oxygen atoms in total. The van der Waals surface area contributed by atoms with Crippen LogP contribution in [0.1, 0.15) is 31.8 Å². The van der Waals surface area contributed by atoms with E-state index >= 15 is 0 Å². The lowest BCUT2D eigenvalue weighted by molar-refractivity contribution is 0.111. The maximum Gasteiger partial charge on any atom is 0.268 e. The molecule has 4 heterocycles. The number of carbonyl (C=O) groups is 2. The highest BCUT2D eigenvalue weighted by Crippen LogP contribution is 2.37. The summed E-state index contributed by atoms with van der Waals surface area (Å²) in [5, 5.41) is 0. The molecule has 0 saturated heterocycles. The molecule has 194 valence electrons. The molecule has 0 atom stereocenters. The highest BCUT2D eigenvalue weighted by Gasteiger charge is 2.15. The Morgan fingerprint density at radius 1 is 0.600 bits per heavy atom. The van der Waals surface area contributed by atoms with Gasteiger partial charge in [-0.3, -0.25) is 28.0 Å². The summed E-state index contributed by atoms with van der Waals surface area (Å²) in [4.78, 5) is 55.8. The van der Waals surface area contributed by atoms with Crippen LogP contribution in [0.4, 0.5) is 0 Å². The zero-order valence-corrected chi connectivity index (χ0v) is 21.7. The molecule has 0 aliphatic carbocycles.